The predicted molar refractivity (Wildman–Crippen MR) is 116 cm³/mol. The van der Waals surface area contributed by atoms with Gasteiger partial charge in [-0.15, -0.1) is 23.4 Å². The van der Waals surface area contributed by atoms with Gasteiger partial charge in [0.25, 0.3) is 11.4 Å². The highest BCUT2D eigenvalue weighted by molar-refractivity contribution is 8.00. The summed E-state index contributed by atoms with van der Waals surface area (Å²) in [7, 11) is 0. The number of hydrogen-bond acceptors (Lipinski definition) is 7. The fraction of sp³-hybridized carbons (Fsp3) is 0.350. The van der Waals surface area contributed by atoms with Crippen molar-refractivity contribution in [3.05, 3.63) is 67.8 Å². The van der Waals surface area contributed by atoms with Crippen molar-refractivity contribution in [2.45, 2.75) is 40.8 Å². The topological polar surface area (TPSA) is 136 Å². The molecule has 0 amide bonds. The number of carboxylic acids is 1. The van der Waals surface area contributed by atoms with E-state index in [0.29, 0.717) is 16.9 Å². The number of carboxylic acid groups (broad SMARTS) is 1. The quantitative estimate of drug-likeness (QED) is 0.363. The fourth-order valence-corrected chi connectivity index (χ4v) is 6.59. The molecule has 9 nitrogen and oxygen atoms in total. The van der Waals surface area contributed by atoms with E-state index in [1.807, 2.05) is 6.92 Å². The molecule has 1 fully saturated rings. The van der Waals surface area contributed by atoms with Gasteiger partial charge < -0.3 is 10.4 Å². The van der Waals surface area contributed by atoms with Crippen molar-refractivity contribution in [2.75, 3.05) is 5.32 Å². The Balaban J connectivity index is 1.77. The Hall–Kier alpha value is -2.85. The summed E-state index contributed by atoms with van der Waals surface area (Å²) in [6.07, 6.45) is 0.581. The third-order valence-electron chi connectivity index (χ3n) is 6.00. The summed E-state index contributed by atoms with van der Waals surface area (Å²) >= 11 is 8.14. The van der Waals surface area contributed by atoms with E-state index in [2.05, 4.69) is 5.32 Å². The second kappa shape index (κ2) is 8.01. The molecule has 1 aliphatic carbocycles. The van der Waals surface area contributed by atoms with E-state index in [-0.39, 0.29) is 39.8 Å². The molecule has 2 aliphatic rings. The highest BCUT2D eigenvalue weighted by Crippen LogP contribution is 2.57. The van der Waals surface area contributed by atoms with E-state index in [9.17, 15) is 30.1 Å². The van der Waals surface area contributed by atoms with Crippen LogP contribution in [0, 0.1) is 26.1 Å². The van der Waals surface area contributed by atoms with Crippen LogP contribution in [0.4, 0.5) is 17.1 Å². The van der Waals surface area contributed by atoms with Crippen LogP contribution in [0.2, 0.25) is 0 Å². The van der Waals surface area contributed by atoms with Gasteiger partial charge in [-0.25, -0.2) is 4.79 Å². The van der Waals surface area contributed by atoms with E-state index in [4.69, 9.17) is 11.6 Å². The molecule has 11 heteroatoms. The molecular weight excluding hydrogens is 446 g/mol. The summed E-state index contributed by atoms with van der Waals surface area (Å²) in [5.74, 6) is -1.72. The van der Waals surface area contributed by atoms with Crippen LogP contribution in [-0.4, -0.2) is 37.6 Å². The van der Waals surface area contributed by atoms with Gasteiger partial charge in [0.1, 0.15) is 0 Å². The maximum atomic E-state index is 11.7. The number of benzene rings is 2. The molecule has 1 aliphatic heterocycles. The zero-order chi connectivity index (χ0) is 22.4. The Morgan fingerprint density at radius 3 is 2.48 bits per heavy atom. The van der Waals surface area contributed by atoms with Gasteiger partial charge in [-0.2, -0.15) is 0 Å². The number of nitro benzene ring substituents is 2. The lowest BCUT2D eigenvalue weighted by molar-refractivity contribution is -0.387. The summed E-state index contributed by atoms with van der Waals surface area (Å²) in [5, 5.41) is 35.0. The Morgan fingerprint density at radius 1 is 1.16 bits per heavy atom. The van der Waals surface area contributed by atoms with E-state index in [1.165, 1.54) is 30.0 Å². The number of nitrogens with zero attached hydrogens (tertiary/aromatic N) is 2. The number of para-hydroxylation sites is 1. The number of hydrogen-bond donors (Lipinski definition) is 2. The summed E-state index contributed by atoms with van der Waals surface area (Å²) < 4.78 is 0. The van der Waals surface area contributed by atoms with Crippen LogP contribution in [0.5, 0.6) is 0 Å². The number of fused-ring (bicyclic) bond motifs is 3. The van der Waals surface area contributed by atoms with Crippen LogP contribution < -0.4 is 5.32 Å². The van der Waals surface area contributed by atoms with Gasteiger partial charge >= 0.3 is 5.97 Å². The molecule has 5 atom stereocenters. The SMILES string of the molecule is C[C@@H]1Nc2c(C(=O)O)ccc([N+](=O)[O-])c2[C@@H]2[C@H](Cl)[C@@H](Sc3ccccc3[N+](=O)[O-])C[C@H]21. The number of halogens is 1. The molecule has 2 aromatic rings. The number of alkyl halides is 1. The van der Waals surface area contributed by atoms with Crippen molar-refractivity contribution in [3.8, 4) is 0 Å². The molecule has 0 aromatic heterocycles. The largest absolute Gasteiger partial charge is 0.478 e. The Bertz CT molecular complexity index is 1100. The van der Waals surface area contributed by atoms with Crippen LogP contribution >= 0.6 is 23.4 Å². The van der Waals surface area contributed by atoms with Crippen LogP contribution in [0.1, 0.15) is 35.2 Å². The van der Waals surface area contributed by atoms with E-state index < -0.39 is 27.1 Å². The molecule has 2 N–H and O–H groups in total. The van der Waals surface area contributed by atoms with Crippen molar-refractivity contribution < 1.29 is 19.7 Å². The van der Waals surface area contributed by atoms with Gasteiger partial charge in [0.05, 0.1) is 36.9 Å². The predicted octanol–water partition coefficient (Wildman–Crippen LogP) is 4.89. The molecule has 1 saturated carbocycles. The monoisotopic (exact) mass is 463 g/mol. The number of aromatic carboxylic acids is 1. The first-order chi connectivity index (χ1) is 14.7. The summed E-state index contributed by atoms with van der Waals surface area (Å²) in [5.41, 5.74) is 0.314. The lowest BCUT2D eigenvalue weighted by Gasteiger charge is -2.36. The average molecular weight is 464 g/mol. The first kappa shape index (κ1) is 21.4. The molecular formula is C20H18ClN3O6S. The van der Waals surface area contributed by atoms with Gasteiger partial charge in [0.2, 0.25) is 0 Å². The Kier molecular flexibility index (Phi) is 5.52. The van der Waals surface area contributed by atoms with Crippen molar-refractivity contribution in [3.63, 3.8) is 0 Å². The Morgan fingerprint density at radius 2 is 1.84 bits per heavy atom. The number of rotatable bonds is 5. The highest BCUT2D eigenvalue weighted by Gasteiger charge is 2.52. The van der Waals surface area contributed by atoms with Crippen LogP contribution in [-0.2, 0) is 0 Å². The first-order valence-electron chi connectivity index (χ1n) is 9.56. The minimum absolute atomic E-state index is 0.0167. The molecule has 0 unspecified atom stereocenters. The number of nitrogens with one attached hydrogen (secondary N) is 1. The molecule has 0 radical (unpaired) electrons. The van der Waals surface area contributed by atoms with Gasteiger partial charge in [-0.3, -0.25) is 20.2 Å². The molecule has 0 bridgehead atoms. The molecule has 2 aromatic carbocycles. The zero-order valence-electron chi connectivity index (χ0n) is 16.2. The second-order valence-electron chi connectivity index (χ2n) is 7.67. The standard InChI is InChI=1S/C20H18ClN3O6S/c1-9-11-8-15(31-14-5-3-2-4-12(14)23(27)28)18(21)16(11)17-13(24(29)30)7-6-10(20(25)26)19(17)22-9/h2-7,9,11,15-16,18,22H,8H2,1H3,(H,25,26)/t9-,11-,15-,16+,18+/m0/s1. The van der Waals surface area contributed by atoms with Gasteiger partial charge in [-0.05, 0) is 31.4 Å². The minimum atomic E-state index is -1.18. The fourth-order valence-electron chi connectivity index (χ4n) is 4.66. The van der Waals surface area contributed by atoms with Gasteiger partial charge in [-0.1, -0.05) is 12.1 Å². The maximum absolute atomic E-state index is 11.7. The molecule has 1 heterocycles. The molecule has 31 heavy (non-hydrogen) atoms. The third-order valence-corrected chi connectivity index (χ3v) is 8.11. The van der Waals surface area contributed by atoms with Crippen LogP contribution in [0.3, 0.4) is 0 Å². The molecule has 4 rings (SSSR count). The number of anilines is 1. The molecule has 162 valence electrons. The maximum Gasteiger partial charge on any atom is 0.337 e. The number of thioether (sulfide) groups is 1. The normalized spacial score (nSPS) is 26.5. The zero-order valence-corrected chi connectivity index (χ0v) is 17.8. The summed E-state index contributed by atoms with van der Waals surface area (Å²) in [6, 6.07) is 8.67. The van der Waals surface area contributed by atoms with E-state index >= 15 is 0 Å². The van der Waals surface area contributed by atoms with Gasteiger partial charge in [0.15, 0.2) is 0 Å². The van der Waals surface area contributed by atoms with E-state index in [0.717, 1.165) is 0 Å². The lowest BCUT2D eigenvalue weighted by atomic mass is 9.78. The van der Waals surface area contributed by atoms with Crippen molar-refractivity contribution in [1.82, 2.24) is 0 Å². The number of carbonyl (C=O) groups is 1. The summed E-state index contributed by atoms with van der Waals surface area (Å²) in [6.45, 7) is 1.90. The third kappa shape index (κ3) is 3.59. The first-order valence-corrected chi connectivity index (χ1v) is 10.9. The lowest BCUT2D eigenvalue weighted by Crippen LogP contribution is -2.36. The second-order valence-corrected chi connectivity index (χ2v) is 9.45. The van der Waals surface area contributed by atoms with Gasteiger partial charge in [0, 0.05) is 29.3 Å². The summed E-state index contributed by atoms with van der Waals surface area (Å²) in [4.78, 5) is 34.4. The Labute approximate surface area is 186 Å². The van der Waals surface area contributed by atoms with Crippen LogP contribution in [0.25, 0.3) is 0 Å². The van der Waals surface area contributed by atoms with Crippen molar-refractivity contribution in [2.24, 2.45) is 5.92 Å². The number of nitro groups is 2. The van der Waals surface area contributed by atoms with Crippen LogP contribution in [0.15, 0.2) is 41.3 Å². The highest BCUT2D eigenvalue weighted by atomic mass is 35.5. The average Bonchev–Trinajstić information content (AvgIpc) is 3.04. The van der Waals surface area contributed by atoms with E-state index in [1.54, 1.807) is 18.2 Å². The molecule has 0 spiro atoms. The van der Waals surface area contributed by atoms with Crippen molar-refractivity contribution in [1.29, 1.82) is 0 Å². The minimum Gasteiger partial charge on any atom is -0.478 e. The smallest absolute Gasteiger partial charge is 0.337 e. The van der Waals surface area contributed by atoms with Crippen molar-refractivity contribution >= 4 is 46.4 Å². The molecule has 0 saturated heterocycles.